The lowest BCUT2D eigenvalue weighted by molar-refractivity contribution is -0.136. The van der Waals surface area contributed by atoms with E-state index >= 15 is 0 Å². The predicted molar refractivity (Wildman–Crippen MR) is 108 cm³/mol. The Morgan fingerprint density at radius 3 is 2.22 bits per heavy atom. The second-order valence-corrected chi connectivity index (χ2v) is 8.33. The Kier molecular flexibility index (Phi) is 6.53. The number of carbonyl (C=O) groups is 2. The fraction of sp³-hybridized carbons (Fsp3) is 0.636. The number of anilines is 1. The van der Waals surface area contributed by atoms with E-state index in [0.717, 1.165) is 44.2 Å². The van der Waals surface area contributed by atoms with E-state index in [1.165, 1.54) is 6.42 Å². The number of nitrogens with zero attached hydrogens (tertiary/aromatic N) is 2. The summed E-state index contributed by atoms with van der Waals surface area (Å²) in [7, 11) is 3.74. The highest BCUT2D eigenvalue weighted by atomic mass is 16.2. The predicted octanol–water partition coefficient (Wildman–Crippen LogP) is 3.18. The third-order valence-corrected chi connectivity index (χ3v) is 6.64. The molecule has 0 spiro atoms. The summed E-state index contributed by atoms with van der Waals surface area (Å²) in [5, 5.41) is 0. The summed E-state index contributed by atoms with van der Waals surface area (Å²) in [5.41, 5.74) is 7.25. The van der Waals surface area contributed by atoms with Crippen LogP contribution >= 0.6 is 0 Å². The number of hydrogen-bond donors (Lipinski definition) is 1. The Labute approximate surface area is 162 Å². The Morgan fingerprint density at radius 2 is 1.67 bits per heavy atom. The first-order valence-electron chi connectivity index (χ1n) is 10.3. The summed E-state index contributed by atoms with van der Waals surface area (Å²) in [6, 6.07) is 9.77. The van der Waals surface area contributed by atoms with Crippen LogP contribution in [0.1, 0.15) is 51.4 Å². The van der Waals surface area contributed by atoms with Crippen molar-refractivity contribution >= 4 is 17.5 Å². The van der Waals surface area contributed by atoms with Gasteiger partial charge in [-0.2, -0.15) is 0 Å². The summed E-state index contributed by atoms with van der Waals surface area (Å²) in [6.45, 7) is 0. The van der Waals surface area contributed by atoms with Crippen LogP contribution in [0.5, 0.6) is 0 Å². The van der Waals surface area contributed by atoms with Crippen molar-refractivity contribution in [2.45, 2.75) is 63.5 Å². The zero-order valence-electron chi connectivity index (χ0n) is 16.6. The smallest absolute Gasteiger partial charge is 0.239 e. The van der Waals surface area contributed by atoms with Crippen molar-refractivity contribution in [2.24, 2.45) is 17.6 Å². The number of likely N-dealkylation sites (N-methyl/N-ethyl adjacent to an activating group) is 1. The van der Waals surface area contributed by atoms with Crippen LogP contribution in [-0.4, -0.2) is 42.9 Å². The van der Waals surface area contributed by atoms with E-state index in [1.807, 2.05) is 49.3 Å². The van der Waals surface area contributed by atoms with Crippen molar-refractivity contribution in [1.82, 2.24) is 4.90 Å². The molecule has 1 aromatic carbocycles. The van der Waals surface area contributed by atoms with E-state index in [9.17, 15) is 9.59 Å². The maximum absolute atomic E-state index is 12.6. The van der Waals surface area contributed by atoms with E-state index < -0.39 is 0 Å². The summed E-state index contributed by atoms with van der Waals surface area (Å²) in [5.74, 6) is 0.905. The van der Waals surface area contributed by atoms with Gasteiger partial charge in [0.25, 0.3) is 0 Å². The molecule has 148 valence electrons. The molecular weight excluding hydrogens is 338 g/mol. The fourth-order valence-electron chi connectivity index (χ4n) is 4.32. The van der Waals surface area contributed by atoms with Crippen LogP contribution in [0.3, 0.4) is 0 Å². The zero-order valence-corrected chi connectivity index (χ0v) is 16.6. The molecule has 0 aromatic heterocycles. The number of rotatable bonds is 6. The molecule has 1 atom stereocenters. The van der Waals surface area contributed by atoms with Crippen LogP contribution in [-0.2, 0) is 9.59 Å². The number of hydrogen-bond acceptors (Lipinski definition) is 3. The molecular formula is C22H33N3O2. The van der Waals surface area contributed by atoms with Gasteiger partial charge in [-0.1, -0.05) is 18.2 Å². The number of nitrogens with two attached hydrogens (primary N) is 1. The van der Waals surface area contributed by atoms with Gasteiger partial charge >= 0.3 is 0 Å². The van der Waals surface area contributed by atoms with E-state index in [1.54, 1.807) is 4.90 Å². The molecule has 0 radical (unpaired) electrons. The molecule has 0 bridgehead atoms. The first kappa shape index (κ1) is 19.9. The van der Waals surface area contributed by atoms with Crippen LogP contribution in [0, 0.1) is 11.8 Å². The quantitative estimate of drug-likeness (QED) is 0.835. The third kappa shape index (κ3) is 4.70. The Morgan fingerprint density at radius 1 is 1.04 bits per heavy atom. The summed E-state index contributed by atoms with van der Waals surface area (Å²) in [4.78, 5) is 28.8. The third-order valence-electron chi connectivity index (χ3n) is 6.64. The minimum atomic E-state index is -0.390. The average molecular weight is 372 g/mol. The largest absolute Gasteiger partial charge is 0.341 e. The van der Waals surface area contributed by atoms with Crippen LogP contribution in [0.4, 0.5) is 5.69 Å². The number of para-hydroxylation sites is 1. The highest BCUT2D eigenvalue weighted by Crippen LogP contribution is 2.34. The van der Waals surface area contributed by atoms with E-state index in [2.05, 4.69) is 0 Å². The lowest BCUT2D eigenvalue weighted by Gasteiger charge is -2.38. The molecule has 2 fully saturated rings. The summed E-state index contributed by atoms with van der Waals surface area (Å²) < 4.78 is 0. The molecule has 5 heteroatoms. The summed E-state index contributed by atoms with van der Waals surface area (Å²) >= 11 is 0. The van der Waals surface area contributed by atoms with Crippen molar-refractivity contribution in [3.8, 4) is 0 Å². The van der Waals surface area contributed by atoms with E-state index in [4.69, 9.17) is 5.73 Å². The minimum absolute atomic E-state index is 0.100. The molecule has 27 heavy (non-hydrogen) atoms. The SMILES string of the molecule is CN(C(=O)CC1CCC([C@H](N)C(=O)N(C)C2CCC2)CC1)c1ccccc1. The van der Waals surface area contributed by atoms with E-state index in [0.29, 0.717) is 18.4 Å². The molecule has 2 saturated carbocycles. The van der Waals surface area contributed by atoms with Crippen LogP contribution < -0.4 is 10.6 Å². The van der Waals surface area contributed by atoms with Crippen molar-refractivity contribution in [2.75, 3.05) is 19.0 Å². The molecule has 0 unspecified atom stereocenters. The highest BCUT2D eigenvalue weighted by Gasteiger charge is 2.35. The van der Waals surface area contributed by atoms with Gasteiger partial charge in [0.05, 0.1) is 6.04 Å². The molecule has 5 nitrogen and oxygen atoms in total. The first-order valence-corrected chi connectivity index (χ1v) is 10.3. The maximum atomic E-state index is 12.6. The standard InChI is InChI=1S/C22H33N3O2/c1-24(18-7-4-3-5-8-18)20(26)15-16-11-13-17(14-12-16)21(23)22(27)25(2)19-9-6-10-19/h3-5,7-8,16-17,19,21H,6,9-15,23H2,1-2H3/t16?,17?,21-/m0/s1. The fourth-order valence-corrected chi connectivity index (χ4v) is 4.32. The average Bonchev–Trinajstić information content (AvgIpc) is 2.66. The van der Waals surface area contributed by atoms with Crippen molar-refractivity contribution < 1.29 is 9.59 Å². The lowest BCUT2D eigenvalue weighted by Crippen LogP contribution is -2.52. The number of benzene rings is 1. The normalized spacial score (nSPS) is 24.0. The number of amides is 2. The molecule has 3 rings (SSSR count). The summed E-state index contributed by atoms with van der Waals surface area (Å²) in [6.07, 6.45) is 7.85. The van der Waals surface area contributed by atoms with Gasteiger partial charge in [0.2, 0.25) is 11.8 Å². The molecule has 2 N–H and O–H groups in total. The molecule has 0 saturated heterocycles. The van der Waals surface area contributed by atoms with Gasteiger partial charge in [-0.25, -0.2) is 0 Å². The Balaban J connectivity index is 1.45. The van der Waals surface area contributed by atoms with Crippen molar-refractivity contribution in [3.05, 3.63) is 30.3 Å². The Bertz CT molecular complexity index is 636. The monoisotopic (exact) mass is 371 g/mol. The van der Waals surface area contributed by atoms with Gasteiger partial charge in [-0.3, -0.25) is 9.59 Å². The zero-order chi connectivity index (χ0) is 19.4. The minimum Gasteiger partial charge on any atom is -0.341 e. The second-order valence-electron chi connectivity index (χ2n) is 8.33. The van der Waals surface area contributed by atoms with Gasteiger partial charge in [0.1, 0.15) is 0 Å². The van der Waals surface area contributed by atoms with E-state index in [-0.39, 0.29) is 23.8 Å². The van der Waals surface area contributed by atoms with Gasteiger partial charge in [-0.15, -0.1) is 0 Å². The second kappa shape index (κ2) is 8.87. The maximum Gasteiger partial charge on any atom is 0.239 e. The number of carbonyl (C=O) groups excluding carboxylic acids is 2. The molecule has 2 aliphatic carbocycles. The highest BCUT2D eigenvalue weighted by molar-refractivity contribution is 5.92. The molecule has 1 aromatic rings. The van der Waals surface area contributed by atoms with Gasteiger partial charge in [-0.05, 0) is 68.9 Å². The Hall–Kier alpha value is -1.88. The van der Waals surface area contributed by atoms with Crippen LogP contribution in [0.2, 0.25) is 0 Å². The topological polar surface area (TPSA) is 66.6 Å². The van der Waals surface area contributed by atoms with Gasteiger partial charge in [0.15, 0.2) is 0 Å². The van der Waals surface area contributed by atoms with Crippen molar-refractivity contribution in [3.63, 3.8) is 0 Å². The lowest BCUT2D eigenvalue weighted by atomic mass is 9.77. The molecule has 0 aliphatic heterocycles. The molecule has 2 amide bonds. The van der Waals surface area contributed by atoms with Crippen LogP contribution in [0.15, 0.2) is 30.3 Å². The van der Waals surface area contributed by atoms with Gasteiger partial charge in [0, 0.05) is 32.2 Å². The first-order chi connectivity index (χ1) is 13.0. The molecule has 0 heterocycles. The van der Waals surface area contributed by atoms with Gasteiger partial charge < -0.3 is 15.5 Å². The molecule has 2 aliphatic rings. The van der Waals surface area contributed by atoms with Crippen LogP contribution in [0.25, 0.3) is 0 Å². The van der Waals surface area contributed by atoms with Crippen molar-refractivity contribution in [1.29, 1.82) is 0 Å².